The number of hydrogen-bond donors (Lipinski definition) is 2. The number of carbonyl (C=O) groups is 1. The third-order valence-corrected chi connectivity index (χ3v) is 4.14. The summed E-state index contributed by atoms with van der Waals surface area (Å²) in [5.74, 6) is 0.506. The number of para-hydroxylation sites is 2. The Morgan fingerprint density at radius 2 is 2.26 bits per heavy atom. The maximum Gasteiger partial charge on any atom is 0.292 e. The summed E-state index contributed by atoms with van der Waals surface area (Å²) in [7, 11) is 1.69. The van der Waals surface area contributed by atoms with Crippen molar-refractivity contribution in [1.29, 1.82) is 0 Å². The number of nitro groups is 1. The van der Waals surface area contributed by atoms with Gasteiger partial charge in [-0.2, -0.15) is 0 Å². The van der Waals surface area contributed by atoms with Gasteiger partial charge in [0.05, 0.1) is 11.5 Å². The van der Waals surface area contributed by atoms with Gasteiger partial charge in [0.2, 0.25) is 5.91 Å². The Morgan fingerprint density at radius 1 is 1.48 bits per heavy atom. The second-order valence-electron chi connectivity index (χ2n) is 5.95. The predicted molar refractivity (Wildman–Crippen MR) is 89.6 cm³/mol. The van der Waals surface area contributed by atoms with Gasteiger partial charge in [-0.15, -0.1) is 0 Å². The van der Waals surface area contributed by atoms with Crippen LogP contribution >= 0.6 is 0 Å². The van der Waals surface area contributed by atoms with Crippen molar-refractivity contribution in [3.8, 4) is 0 Å². The summed E-state index contributed by atoms with van der Waals surface area (Å²) in [6.45, 7) is 2.86. The summed E-state index contributed by atoms with van der Waals surface area (Å²) >= 11 is 0. The Morgan fingerprint density at radius 3 is 2.96 bits per heavy atom. The van der Waals surface area contributed by atoms with Gasteiger partial charge in [-0.25, -0.2) is 0 Å². The minimum absolute atomic E-state index is 0.0103. The van der Waals surface area contributed by atoms with Gasteiger partial charge >= 0.3 is 0 Å². The molecule has 0 aliphatic carbocycles. The molecule has 0 saturated carbocycles. The van der Waals surface area contributed by atoms with E-state index in [0.717, 1.165) is 19.5 Å². The first-order valence-corrected chi connectivity index (χ1v) is 8.00. The molecule has 2 N–H and O–H groups in total. The van der Waals surface area contributed by atoms with Crippen LogP contribution in [0.15, 0.2) is 24.3 Å². The lowest BCUT2D eigenvalue weighted by Gasteiger charge is -2.23. The van der Waals surface area contributed by atoms with Gasteiger partial charge in [0.25, 0.3) is 5.69 Å². The smallest absolute Gasteiger partial charge is 0.292 e. The van der Waals surface area contributed by atoms with Crippen LogP contribution in [0.1, 0.15) is 19.3 Å². The standard InChI is InChI=1S/C16H24N4O3/c1-19(14-6-2-3-7-15(14)20(22)23)12-16(21)18-10-8-13-5-4-9-17-11-13/h2-3,6-7,13,17H,4-5,8-12H2,1H3,(H,18,21). The minimum Gasteiger partial charge on any atom is -0.360 e. The van der Waals surface area contributed by atoms with Gasteiger partial charge in [0, 0.05) is 19.7 Å². The molecule has 1 amide bonds. The highest BCUT2D eigenvalue weighted by Crippen LogP contribution is 2.26. The minimum atomic E-state index is -0.431. The highest BCUT2D eigenvalue weighted by molar-refractivity contribution is 5.82. The highest BCUT2D eigenvalue weighted by Gasteiger charge is 2.18. The van der Waals surface area contributed by atoms with Crippen LogP contribution < -0.4 is 15.5 Å². The summed E-state index contributed by atoms with van der Waals surface area (Å²) in [6.07, 6.45) is 3.37. The molecule has 0 bridgehead atoms. The van der Waals surface area contributed by atoms with E-state index in [4.69, 9.17) is 0 Å². The van der Waals surface area contributed by atoms with Crippen molar-refractivity contribution in [2.45, 2.75) is 19.3 Å². The molecule has 1 aromatic rings. The van der Waals surface area contributed by atoms with E-state index >= 15 is 0 Å². The number of anilines is 1. The molecule has 1 aliphatic heterocycles. The second-order valence-corrected chi connectivity index (χ2v) is 5.95. The summed E-state index contributed by atoms with van der Waals surface area (Å²) in [5.41, 5.74) is 0.459. The van der Waals surface area contributed by atoms with E-state index in [2.05, 4.69) is 10.6 Å². The number of amides is 1. The predicted octanol–water partition coefficient (Wildman–Crippen LogP) is 1.54. The maximum absolute atomic E-state index is 12.0. The summed E-state index contributed by atoms with van der Waals surface area (Å²) in [4.78, 5) is 24.2. The molecule has 2 rings (SSSR count). The zero-order valence-corrected chi connectivity index (χ0v) is 13.5. The molecule has 1 aliphatic rings. The number of nitro benzene ring substituents is 1. The SMILES string of the molecule is CN(CC(=O)NCCC1CCCNC1)c1ccccc1[N+](=O)[O-]. The van der Waals surface area contributed by atoms with Crippen molar-refractivity contribution in [3.63, 3.8) is 0 Å². The molecule has 23 heavy (non-hydrogen) atoms. The molecule has 1 unspecified atom stereocenters. The molecule has 1 fully saturated rings. The number of benzene rings is 1. The van der Waals surface area contributed by atoms with Crippen LogP contribution in [0.2, 0.25) is 0 Å². The number of carbonyl (C=O) groups excluding carboxylic acids is 1. The zero-order valence-electron chi connectivity index (χ0n) is 13.5. The van der Waals surface area contributed by atoms with E-state index in [1.165, 1.54) is 18.9 Å². The van der Waals surface area contributed by atoms with Crippen molar-refractivity contribution < 1.29 is 9.72 Å². The number of hydrogen-bond acceptors (Lipinski definition) is 5. The van der Waals surface area contributed by atoms with Crippen molar-refractivity contribution in [1.82, 2.24) is 10.6 Å². The molecule has 0 spiro atoms. The Kier molecular flexibility index (Phi) is 6.34. The van der Waals surface area contributed by atoms with E-state index in [9.17, 15) is 14.9 Å². The second kappa shape index (κ2) is 8.47. The Bertz CT molecular complexity index is 544. The number of rotatable bonds is 7. The summed E-state index contributed by atoms with van der Waals surface area (Å²) in [5, 5.41) is 17.3. The van der Waals surface area contributed by atoms with E-state index in [1.54, 1.807) is 30.1 Å². The first kappa shape index (κ1) is 17.2. The van der Waals surface area contributed by atoms with Gasteiger partial charge in [0.15, 0.2) is 0 Å². The van der Waals surface area contributed by atoms with Gasteiger partial charge in [-0.3, -0.25) is 14.9 Å². The van der Waals surface area contributed by atoms with E-state index in [-0.39, 0.29) is 18.1 Å². The van der Waals surface area contributed by atoms with Gasteiger partial charge in [0.1, 0.15) is 5.69 Å². The van der Waals surface area contributed by atoms with Gasteiger partial charge in [-0.1, -0.05) is 12.1 Å². The molecule has 1 heterocycles. The molecule has 1 saturated heterocycles. The first-order chi connectivity index (χ1) is 11.1. The van der Waals surface area contributed by atoms with Crippen LogP contribution in [0.3, 0.4) is 0 Å². The van der Waals surface area contributed by atoms with Crippen molar-refractivity contribution in [2.75, 3.05) is 38.1 Å². The molecule has 126 valence electrons. The van der Waals surface area contributed by atoms with Crippen molar-refractivity contribution in [3.05, 3.63) is 34.4 Å². The third-order valence-electron chi connectivity index (χ3n) is 4.14. The van der Waals surface area contributed by atoms with E-state index in [0.29, 0.717) is 18.2 Å². The molecule has 0 aromatic heterocycles. The fraction of sp³-hybridized carbons (Fsp3) is 0.562. The largest absolute Gasteiger partial charge is 0.360 e. The Hall–Kier alpha value is -2.15. The van der Waals surface area contributed by atoms with Gasteiger partial charge in [-0.05, 0) is 44.3 Å². The normalized spacial score (nSPS) is 17.5. The number of nitrogens with one attached hydrogen (secondary N) is 2. The lowest BCUT2D eigenvalue weighted by atomic mass is 9.96. The molecule has 7 nitrogen and oxygen atoms in total. The average Bonchev–Trinajstić information content (AvgIpc) is 2.55. The summed E-state index contributed by atoms with van der Waals surface area (Å²) in [6, 6.07) is 6.44. The average molecular weight is 320 g/mol. The molecule has 0 radical (unpaired) electrons. The lowest BCUT2D eigenvalue weighted by molar-refractivity contribution is -0.384. The number of piperidine rings is 1. The van der Waals surface area contributed by atoms with Crippen LogP contribution in [0, 0.1) is 16.0 Å². The van der Waals surface area contributed by atoms with Crippen molar-refractivity contribution >= 4 is 17.3 Å². The number of nitrogens with zero attached hydrogens (tertiary/aromatic N) is 2. The van der Waals surface area contributed by atoms with Crippen LogP contribution in [-0.4, -0.2) is 44.1 Å². The Balaban J connectivity index is 1.79. The topological polar surface area (TPSA) is 87.5 Å². The molecule has 1 aromatic carbocycles. The maximum atomic E-state index is 12.0. The fourth-order valence-corrected chi connectivity index (χ4v) is 2.88. The lowest BCUT2D eigenvalue weighted by Crippen LogP contribution is -2.37. The zero-order chi connectivity index (χ0) is 16.7. The van der Waals surface area contributed by atoms with Crippen LogP contribution in [0.4, 0.5) is 11.4 Å². The van der Waals surface area contributed by atoms with Crippen LogP contribution in [-0.2, 0) is 4.79 Å². The highest BCUT2D eigenvalue weighted by atomic mass is 16.6. The quantitative estimate of drug-likeness (QED) is 0.588. The van der Waals surface area contributed by atoms with E-state index in [1.807, 2.05) is 0 Å². The Labute approximate surface area is 136 Å². The summed E-state index contributed by atoms with van der Waals surface area (Å²) < 4.78 is 0. The molecule has 7 heteroatoms. The fourth-order valence-electron chi connectivity index (χ4n) is 2.88. The third kappa shape index (κ3) is 5.21. The first-order valence-electron chi connectivity index (χ1n) is 8.00. The van der Waals surface area contributed by atoms with Crippen LogP contribution in [0.25, 0.3) is 0 Å². The molecule has 1 atom stereocenters. The van der Waals surface area contributed by atoms with Crippen LogP contribution in [0.5, 0.6) is 0 Å². The van der Waals surface area contributed by atoms with Crippen molar-refractivity contribution in [2.24, 2.45) is 5.92 Å². The monoisotopic (exact) mass is 320 g/mol. The van der Waals surface area contributed by atoms with Gasteiger partial charge < -0.3 is 15.5 Å². The molecular weight excluding hydrogens is 296 g/mol. The molecular formula is C16H24N4O3. The van der Waals surface area contributed by atoms with E-state index < -0.39 is 4.92 Å². The number of likely N-dealkylation sites (N-methyl/N-ethyl adjacent to an activating group) is 1.